The number of nitrogens with zero attached hydrogens (tertiary/aromatic N) is 4. The van der Waals surface area contributed by atoms with Crippen LogP contribution in [0.1, 0.15) is 35.3 Å². The van der Waals surface area contributed by atoms with Gasteiger partial charge in [0.15, 0.2) is 0 Å². The highest BCUT2D eigenvalue weighted by atomic mass is 19.1. The maximum atomic E-state index is 14.6. The molecular weight excluding hydrogens is 373 g/mol. The average molecular weight is 397 g/mol. The smallest absolute Gasteiger partial charge is 0.274 e. The zero-order valence-electron chi connectivity index (χ0n) is 16.5. The van der Waals surface area contributed by atoms with E-state index < -0.39 is 5.91 Å². The van der Waals surface area contributed by atoms with Crippen LogP contribution in [0.4, 0.5) is 4.39 Å². The summed E-state index contributed by atoms with van der Waals surface area (Å²) in [5.41, 5.74) is 4.64. The predicted octanol–water partition coefficient (Wildman–Crippen LogP) is 3.09. The molecule has 0 spiro atoms. The van der Waals surface area contributed by atoms with Gasteiger partial charge in [0.25, 0.3) is 5.91 Å². The quantitative estimate of drug-likeness (QED) is 0.451. The van der Waals surface area contributed by atoms with Crippen molar-refractivity contribution in [3.63, 3.8) is 0 Å². The minimum atomic E-state index is -0.570. The molecule has 8 heteroatoms. The second kappa shape index (κ2) is 9.40. The van der Waals surface area contributed by atoms with Crippen LogP contribution < -0.4 is 5.48 Å². The van der Waals surface area contributed by atoms with Crippen molar-refractivity contribution in [2.45, 2.75) is 26.9 Å². The number of carbonyl (C=O) groups is 1. The zero-order valence-corrected chi connectivity index (χ0v) is 16.5. The number of nitrogens with one attached hydrogen (secondary N) is 1. The Bertz CT molecular complexity index is 967. The topological polar surface area (TPSA) is 83.3 Å². The first kappa shape index (κ1) is 20.6. The number of hydrogen-bond donors (Lipinski definition) is 2. The van der Waals surface area contributed by atoms with E-state index in [0.29, 0.717) is 29.9 Å². The first-order valence-electron chi connectivity index (χ1n) is 9.48. The van der Waals surface area contributed by atoms with Crippen LogP contribution in [0.25, 0.3) is 11.3 Å². The lowest BCUT2D eigenvalue weighted by atomic mass is 10.1. The summed E-state index contributed by atoms with van der Waals surface area (Å²) in [7, 11) is 0. The Hall–Kier alpha value is -3.10. The molecule has 0 atom stereocenters. The van der Waals surface area contributed by atoms with Crippen LogP contribution in [0.15, 0.2) is 48.7 Å². The molecular formula is C21H24FN5O2. The molecule has 0 aliphatic carbocycles. The third kappa shape index (κ3) is 5.04. The molecule has 1 heterocycles. The number of amides is 1. The standard InChI is InChI=1S/C21H24FN5O2/c1-3-26(4-2)12-16-7-10-18(19(22)11-16)20-14-27(25-23-20)13-15-5-8-17(9-6-15)21(28)24-29/h5-11,14,29H,3-4,12-13H2,1-2H3,(H,24,28). The molecule has 152 valence electrons. The fourth-order valence-corrected chi connectivity index (χ4v) is 3.08. The summed E-state index contributed by atoms with van der Waals surface area (Å²) < 4.78 is 16.2. The number of hydroxylamine groups is 1. The second-order valence-electron chi connectivity index (χ2n) is 6.71. The molecule has 0 fully saturated rings. The lowest BCUT2D eigenvalue weighted by Gasteiger charge is -2.18. The van der Waals surface area contributed by atoms with Crippen molar-refractivity contribution in [1.29, 1.82) is 0 Å². The fraction of sp³-hybridized carbons (Fsp3) is 0.286. The van der Waals surface area contributed by atoms with Gasteiger partial charge >= 0.3 is 0 Å². The number of aromatic nitrogens is 3. The molecule has 3 rings (SSSR count). The molecule has 2 aromatic carbocycles. The van der Waals surface area contributed by atoms with E-state index in [1.165, 1.54) is 0 Å². The zero-order chi connectivity index (χ0) is 20.8. The molecule has 0 bridgehead atoms. The van der Waals surface area contributed by atoms with Crippen molar-refractivity contribution >= 4 is 5.91 Å². The van der Waals surface area contributed by atoms with E-state index >= 15 is 0 Å². The van der Waals surface area contributed by atoms with Gasteiger partial charge in [0.1, 0.15) is 11.5 Å². The molecule has 7 nitrogen and oxygen atoms in total. The van der Waals surface area contributed by atoms with Crippen LogP contribution in [0.3, 0.4) is 0 Å². The average Bonchev–Trinajstić information content (AvgIpc) is 3.20. The highest BCUT2D eigenvalue weighted by molar-refractivity contribution is 5.93. The van der Waals surface area contributed by atoms with E-state index in [4.69, 9.17) is 5.21 Å². The van der Waals surface area contributed by atoms with Crippen molar-refractivity contribution in [2.75, 3.05) is 13.1 Å². The van der Waals surface area contributed by atoms with E-state index in [9.17, 15) is 9.18 Å². The molecule has 2 N–H and O–H groups in total. The normalized spacial score (nSPS) is 11.1. The monoisotopic (exact) mass is 397 g/mol. The second-order valence-corrected chi connectivity index (χ2v) is 6.71. The SMILES string of the molecule is CCN(CC)Cc1ccc(-c2cn(Cc3ccc(C(=O)NO)cc3)nn2)c(F)c1. The van der Waals surface area contributed by atoms with Gasteiger partial charge in [-0.05, 0) is 48.5 Å². The third-order valence-corrected chi connectivity index (χ3v) is 4.81. The van der Waals surface area contributed by atoms with Crippen molar-refractivity contribution in [3.05, 3.63) is 71.2 Å². The highest BCUT2D eigenvalue weighted by Crippen LogP contribution is 2.22. The maximum Gasteiger partial charge on any atom is 0.274 e. The van der Waals surface area contributed by atoms with Gasteiger partial charge in [-0.3, -0.25) is 14.9 Å². The molecule has 0 unspecified atom stereocenters. The summed E-state index contributed by atoms with van der Waals surface area (Å²) in [6, 6.07) is 11.9. The van der Waals surface area contributed by atoms with Crippen LogP contribution in [0.5, 0.6) is 0 Å². The Balaban J connectivity index is 1.71. The molecule has 0 saturated carbocycles. The summed E-state index contributed by atoms with van der Waals surface area (Å²) in [4.78, 5) is 13.6. The highest BCUT2D eigenvalue weighted by Gasteiger charge is 2.12. The molecule has 0 aliphatic heterocycles. The first-order valence-corrected chi connectivity index (χ1v) is 9.48. The molecule has 29 heavy (non-hydrogen) atoms. The summed E-state index contributed by atoms with van der Waals surface area (Å²) in [5.74, 6) is -0.888. The Morgan fingerprint density at radius 2 is 1.83 bits per heavy atom. The molecule has 0 saturated heterocycles. The molecule has 0 radical (unpaired) electrons. The van der Waals surface area contributed by atoms with E-state index in [1.807, 2.05) is 6.07 Å². The summed E-state index contributed by atoms with van der Waals surface area (Å²) in [5, 5.41) is 16.8. The lowest BCUT2D eigenvalue weighted by molar-refractivity contribution is 0.0706. The van der Waals surface area contributed by atoms with Crippen molar-refractivity contribution in [1.82, 2.24) is 25.4 Å². The van der Waals surface area contributed by atoms with Gasteiger partial charge in [-0.25, -0.2) is 14.6 Å². The maximum absolute atomic E-state index is 14.6. The molecule has 0 aliphatic rings. The fourth-order valence-electron chi connectivity index (χ4n) is 3.08. The van der Waals surface area contributed by atoms with Gasteiger partial charge in [-0.1, -0.05) is 37.3 Å². The van der Waals surface area contributed by atoms with Gasteiger partial charge in [-0.2, -0.15) is 0 Å². The van der Waals surface area contributed by atoms with E-state index in [2.05, 4.69) is 29.1 Å². The predicted molar refractivity (Wildman–Crippen MR) is 107 cm³/mol. The van der Waals surface area contributed by atoms with Crippen molar-refractivity contribution in [2.24, 2.45) is 0 Å². The largest absolute Gasteiger partial charge is 0.300 e. The van der Waals surface area contributed by atoms with Crippen molar-refractivity contribution in [3.8, 4) is 11.3 Å². The van der Waals surface area contributed by atoms with Crippen molar-refractivity contribution < 1.29 is 14.4 Å². The number of carbonyl (C=O) groups excluding carboxylic acids is 1. The van der Waals surface area contributed by atoms with Gasteiger partial charge < -0.3 is 0 Å². The van der Waals surface area contributed by atoms with Gasteiger partial charge in [0.2, 0.25) is 0 Å². The van der Waals surface area contributed by atoms with Crippen LogP contribution in [0.2, 0.25) is 0 Å². The van der Waals surface area contributed by atoms with Crippen LogP contribution in [-0.4, -0.2) is 44.1 Å². The minimum absolute atomic E-state index is 0.318. The van der Waals surface area contributed by atoms with Crippen LogP contribution >= 0.6 is 0 Å². The number of rotatable bonds is 8. The summed E-state index contributed by atoms with van der Waals surface area (Å²) >= 11 is 0. The van der Waals surface area contributed by atoms with Gasteiger partial charge in [0.05, 0.1) is 12.7 Å². The minimum Gasteiger partial charge on any atom is -0.300 e. The number of hydrogen-bond acceptors (Lipinski definition) is 5. The molecule has 3 aromatic rings. The Morgan fingerprint density at radius 3 is 2.45 bits per heavy atom. The number of benzene rings is 2. The van der Waals surface area contributed by atoms with E-state index in [1.54, 1.807) is 52.8 Å². The summed E-state index contributed by atoms with van der Waals surface area (Å²) in [6.45, 7) is 7.14. The van der Waals surface area contributed by atoms with Gasteiger partial charge in [0, 0.05) is 17.7 Å². The Kier molecular flexibility index (Phi) is 6.69. The summed E-state index contributed by atoms with van der Waals surface area (Å²) in [6.07, 6.45) is 1.69. The number of halogens is 1. The van der Waals surface area contributed by atoms with Gasteiger partial charge in [-0.15, -0.1) is 5.10 Å². The Labute approximate surface area is 168 Å². The van der Waals surface area contributed by atoms with E-state index in [-0.39, 0.29) is 5.82 Å². The Morgan fingerprint density at radius 1 is 1.14 bits per heavy atom. The van der Waals surface area contributed by atoms with Crippen LogP contribution in [0, 0.1) is 5.82 Å². The third-order valence-electron chi connectivity index (χ3n) is 4.81. The molecule has 1 amide bonds. The molecule has 1 aromatic heterocycles. The van der Waals surface area contributed by atoms with E-state index in [0.717, 1.165) is 24.2 Å². The first-order chi connectivity index (χ1) is 14.0. The van der Waals surface area contributed by atoms with Crippen LogP contribution in [-0.2, 0) is 13.1 Å². The lowest BCUT2D eigenvalue weighted by Crippen LogP contribution is -2.22.